The van der Waals surface area contributed by atoms with Gasteiger partial charge in [-0.25, -0.2) is 5.43 Å². The number of carbonyl (C=O) groups is 2. The highest BCUT2D eigenvalue weighted by Gasteiger charge is 2.33. The summed E-state index contributed by atoms with van der Waals surface area (Å²) in [7, 11) is 0. The van der Waals surface area contributed by atoms with Gasteiger partial charge >= 0.3 is 6.18 Å². The Labute approximate surface area is 244 Å². The van der Waals surface area contributed by atoms with E-state index < -0.39 is 22.7 Å². The predicted molar refractivity (Wildman–Crippen MR) is 154 cm³/mol. The number of nitrogens with zero attached hydrogens (tertiary/aromatic N) is 3. The Morgan fingerprint density at radius 3 is 2.54 bits per heavy atom. The van der Waals surface area contributed by atoms with Gasteiger partial charge in [-0.3, -0.25) is 19.4 Å². The van der Waals surface area contributed by atoms with Gasteiger partial charge in [0.1, 0.15) is 5.00 Å². The number of alkyl halides is 3. The molecule has 1 aromatic heterocycles. The van der Waals surface area contributed by atoms with Crippen molar-refractivity contribution in [2.75, 3.05) is 44.6 Å². The second kappa shape index (κ2) is 13.6. The van der Waals surface area contributed by atoms with E-state index in [2.05, 4.69) is 25.6 Å². The number of carbonyl (C=O) groups excluding carboxylic acids is 2. The standard InChI is InChI=1S/C28H29ClF3N5O3S/c1-18-17-41-27(24(18)26(40)35-33-15-19-5-6-23(29)22(14-19)28(30,31)32)34-25(39)21-4-2-3-20(13-21)16-37-9-7-36(8-10-37)11-12-38/h2-6,13-15,17,38H,7-12,16H2,1H3,(H,34,39)(H,35,40)/b33-15-. The first-order chi connectivity index (χ1) is 19.5. The van der Waals surface area contributed by atoms with E-state index in [0.29, 0.717) is 29.2 Å². The minimum atomic E-state index is -4.62. The molecular formula is C28H29ClF3N5O3S. The summed E-state index contributed by atoms with van der Waals surface area (Å²) in [6.45, 7) is 6.71. The summed E-state index contributed by atoms with van der Waals surface area (Å²) in [5, 5.41) is 17.3. The van der Waals surface area contributed by atoms with E-state index in [-0.39, 0.29) is 23.6 Å². The number of anilines is 1. The molecule has 0 radical (unpaired) electrons. The van der Waals surface area contributed by atoms with Crippen LogP contribution in [-0.2, 0) is 12.7 Å². The number of thiophene rings is 1. The van der Waals surface area contributed by atoms with Gasteiger partial charge in [-0.05, 0) is 53.3 Å². The van der Waals surface area contributed by atoms with Crippen LogP contribution in [0.1, 0.15) is 43.0 Å². The van der Waals surface area contributed by atoms with Crippen LogP contribution in [0.3, 0.4) is 0 Å². The number of β-amino-alcohol motifs (C(OH)–C–C–N with tert-alkyl or cyclic N) is 1. The number of benzene rings is 2. The Kier molecular flexibility index (Phi) is 10.2. The molecule has 2 aromatic carbocycles. The van der Waals surface area contributed by atoms with Crippen LogP contribution in [0.5, 0.6) is 0 Å². The van der Waals surface area contributed by atoms with Gasteiger partial charge in [0.25, 0.3) is 11.8 Å². The first kappa shape index (κ1) is 30.7. The van der Waals surface area contributed by atoms with Crippen molar-refractivity contribution in [1.82, 2.24) is 15.2 Å². The lowest BCUT2D eigenvalue weighted by atomic mass is 10.1. The van der Waals surface area contributed by atoms with E-state index >= 15 is 0 Å². The van der Waals surface area contributed by atoms with E-state index in [1.165, 1.54) is 17.4 Å². The van der Waals surface area contributed by atoms with Gasteiger partial charge in [-0.1, -0.05) is 29.8 Å². The summed E-state index contributed by atoms with van der Waals surface area (Å²) in [4.78, 5) is 30.5. The van der Waals surface area contributed by atoms with Crippen molar-refractivity contribution in [2.45, 2.75) is 19.6 Å². The molecule has 218 valence electrons. The van der Waals surface area contributed by atoms with Crippen molar-refractivity contribution in [2.24, 2.45) is 5.10 Å². The zero-order chi connectivity index (χ0) is 29.6. The second-order valence-corrected chi connectivity index (χ2v) is 10.8. The van der Waals surface area contributed by atoms with Crippen molar-refractivity contribution in [3.8, 4) is 0 Å². The molecule has 0 atom stereocenters. The Balaban J connectivity index is 1.39. The molecule has 0 spiro atoms. The highest BCUT2D eigenvalue weighted by Crippen LogP contribution is 2.35. The van der Waals surface area contributed by atoms with Crippen LogP contribution < -0.4 is 10.7 Å². The number of hydrogen-bond acceptors (Lipinski definition) is 7. The van der Waals surface area contributed by atoms with Gasteiger partial charge in [-0.15, -0.1) is 11.3 Å². The third kappa shape index (κ3) is 8.14. The molecule has 4 rings (SSSR count). The van der Waals surface area contributed by atoms with E-state index in [1.54, 1.807) is 18.4 Å². The smallest absolute Gasteiger partial charge is 0.395 e. The number of halogens is 4. The summed E-state index contributed by atoms with van der Waals surface area (Å²) < 4.78 is 39.3. The molecule has 8 nitrogen and oxygen atoms in total. The first-order valence-corrected chi connectivity index (χ1v) is 14.0. The Bertz CT molecular complexity index is 1420. The predicted octanol–water partition coefficient (Wildman–Crippen LogP) is 4.85. The number of amides is 2. The maximum atomic E-state index is 13.1. The van der Waals surface area contributed by atoms with E-state index in [0.717, 1.165) is 50.1 Å². The molecule has 0 aliphatic carbocycles. The minimum absolute atomic E-state index is 0.101. The lowest BCUT2D eigenvalue weighted by Crippen LogP contribution is -2.46. The Hall–Kier alpha value is -3.29. The molecule has 1 aliphatic heterocycles. The maximum absolute atomic E-state index is 13.1. The number of piperazine rings is 1. The monoisotopic (exact) mass is 607 g/mol. The molecule has 0 bridgehead atoms. The summed E-state index contributed by atoms with van der Waals surface area (Å²) >= 11 is 6.83. The third-order valence-electron chi connectivity index (χ3n) is 6.58. The van der Waals surface area contributed by atoms with Crippen LogP contribution in [0.15, 0.2) is 52.9 Å². The summed E-state index contributed by atoms with van der Waals surface area (Å²) in [5.74, 6) is -0.991. The van der Waals surface area contributed by atoms with Crippen LogP contribution in [0, 0.1) is 6.92 Å². The number of rotatable bonds is 9. The topological polar surface area (TPSA) is 97.3 Å². The lowest BCUT2D eigenvalue weighted by molar-refractivity contribution is -0.137. The maximum Gasteiger partial charge on any atom is 0.417 e. The molecule has 3 N–H and O–H groups in total. The quantitative estimate of drug-likeness (QED) is 0.239. The van der Waals surface area contributed by atoms with Crippen molar-refractivity contribution in [3.63, 3.8) is 0 Å². The fourth-order valence-corrected chi connectivity index (χ4v) is 5.60. The molecule has 2 amide bonds. The van der Waals surface area contributed by atoms with Gasteiger partial charge in [0.2, 0.25) is 0 Å². The van der Waals surface area contributed by atoms with Crippen LogP contribution in [-0.4, -0.2) is 72.3 Å². The average molecular weight is 608 g/mol. The summed E-state index contributed by atoms with van der Waals surface area (Å²) in [6.07, 6.45) is -3.54. The molecule has 41 heavy (non-hydrogen) atoms. The van der Waals surface area contributed by atoms with Gasteiger partial charge in [0.15, 0.2) is 0 Å². The van der Waals surface area contributed by atoms with Gasteiger partial charge in [-0.2, -0.15) is 18.3 Å². The highest BCUT2D eigenvalue weighted by atomic mass is 35.5. The normalized spacial score (nSPS) is 14.9. The van der Waals surface area contributed by atoms with Crippen molar-refractivity contribution < 1.29 is 27.9 Å². The molecule has 2 heterocycles. The van der Waals surface area contributed by atoms with Crippen molar-refractivity contribution >= 4 is 46.0 Å². The fraction of sp³-hybridized carbons (Fsp3) is 0.321. The molecule has 0 unspecified atom stereocenters. The summed E-state index contributed by atoms with van der Waals surface area (Å²) in [5.41, 5.74) is 3.67. The van der Waals surface area contributed by atoms with Gasteiger partial charge in [0, 0.05) is 44.8 Å². The number of aliphatic hydroxyl groups is 1. The number of aliphatic hydroxyl groups excluding tert-OH is 1. The van der Waals surface area contributed by atoms with Crippen LogP contribution in [0.4, 0.5) is 18.2 Å². The van der Waals surface area contributed by atoms with E-state index in [9.17, 15) is 22.8 Å². The van der Waals surface area contributed by atoms with Crippen LogP contribution >= 0.6 is 22.9 Å². The van der Waals surface area contributed by atoms with Crippen molar-refractivity contribution in [1.29, 1.82) is 0 Å². The average Bonchev–Trinajstić information content (AvgIpc) is 3.30. The third-order valence-corrected chi connectivity index (χ3v) is 7.92. The summed E-state index contributed by atoms with van der Waals surface area (Å²) in [6, 6.07) is 10.6. The molecule has 1 saturated heterocycles. The number of hydrazone groups is 1. The van der Waals surface area contributed by atoms with Gasteiger partial charge < -0.3 is 10.4 Å². The zero-order valence-corrected chi connectivity index (χ0v) is 23.7. The Morgan fingerprint density at radius 1 is 1.10 bits per heavy atom. The SMILES string of the molecule is Cc1csc(NC(=O)c2cccc(CN3CCN(CCO)CC3)c2)c1C(=O)N/N=C\c1ccc(Cl)c(C(F)(F)F)c1. The zero-order valence-electron chi connectivity index (χ0n) is 22.2. The van der Waals surface area contributed by atoms with E-state index in [4.69, 9.17) is 16.7 Å². The van der Waals surface area contributed by atoms with Crippen LogP contribution in [0.25, 0.3) is 0 Å². The Morgan fingerprint density at radius 2 is 1.83 bits per heavy atom. The van der Waals surface area contributed by atoms with Crippen LogP contribution in [0.2, 0.25) is 5.02 Å². The largest absolute Gasteiger partial charge is 0.417 e. The fourth-order valence-electron chi connectivity index (χ4n) is 4.44. The molecule has 1 fully saturated rings. The number of aryl methyl sites for hydroxylation is 1. The molecule has 3 aromatic rings. The van der Waals surface area contributed by atoms with Gasteiger partial charge in [0.05, 0.1) is 29.0 Å². The number of nitrogens with one attached hydrogen (secondary N) is 2. The first-order valence-electron chi connectivity index (χ1n) is 12.8. The molecule has 0 saturated carbocycles. The van der Waals surface area contributed by atoms with E-state index in [1.807, 2.05) is 18.2 Å². The number of hydrogen-bond donors (Lipinski definition) is 3. The second-order valence-electron chi connectivity index (χ2n) is 9.55. The minimum Gasteiger partial charge on any atom is -0.395 e. The molecule has 13 heteroatoms. The lowest BCUT2D eigenvalue weighted by Gasteiger charge is -2.34. The highest BCUT2D eigenvalue weighted by molar-refractivity contribution is 7.15. The molecular weight excluding hydrogens is 579 g/mol. The van der Waals surface area contributed by atoms with Crippen molar-refractivity contribution in [3.05, 3.63) is 86.2 Å². The molecule has 1 aliphatic rings.